The van der Waals surface area contributed by atoms with Gasteiger partial charge in [0.15, 0.2) is 0 Å². The van der Waals surface area contributed by atoms with Crippen molar-refractivity contribution in [3.63, 3.8) is 0 Å². The van der Waals surface area contributed by atoms with Crippen LogP contribution in [0.2, 0.25) is 0 Å². The number of hydrogen-bond acceptors (Lipinski definition) is 5. The molecule has 7 heteroatoms. The minimum Gasteiger partial charge on any atom is -0.305 e. The third-order valence-electron chi connectivity index (χ3n) is 3.60. The van der Waals surface area contributed by atoms with Crippen LogP contribution in [0.5, 0.6) is 0 Å². The van der Waals surface area contributed by atoms with Crippen molar-refractivity contribution in [3.8, 4) is 0 Å². The first kappa shape index (κ1) is 13.1. The first-order valence-electron chi connectivity index (χ1n) is 5.95. The zero-order valence-electron chi connectivity index (χ0n) is 10.4. The van der Waals surface area contributed by atoms with E-state index in [0.29, 0.717) is 18.1 Å². The van der Waals surface area contributed by atoms with Crippen molar-refractivity contribution in [2.24, 2.45) is 5.14 Å². The van der Waals surface area contributed by atoms with E-state index >= 15 is 0 Å². The molecule has 2 aliphatic rings. The number of thiophene rings is 1. The Morgan fingerprint density at radius 1 is 1.61 bits per heavy atom. The van der Waals surface area contributed by atoms with Crippen LogP contribution in [0, 0.1) is 0 Å². The second-order valence-electron chi connectivity index (χ2n) is 4.97. The van der Waals surface area contributed by atoms with Crippen LogP contribution in [0.1, 0.15) is 18.5 Å². The van der Waals surface area contributed by atoms with E-state index in [1.54, 1.807) is 11.3 Å². The Hall–Kier alpha value is 0.0800. The van der Waals surface area contributed by atoms with E-state index in [1.807, 2.05) is 17.8 Å². The Labute approximate surface area is 118 Å². The Kier molecular flexibility index (Phi) is 3.55. The van der Waals surface area contributed by atoms with Crippen LogP contribution in [0.4, 0.5) is 0 Å². The van der Waals surface area contributed by atoms with Gasteiger partial charge in [0.25, 0.3) is 0 Å². The first-order chi connectivity index (χ1) is 8.56. The zero-order chi connectivity index (χ0) is 12.9. The quantitative estimate of drug-likeness (QED) is 0.818. The predicted molar refractivity (Wildman–Crippen MR) is 77.4 cm³/mol. The SMILES string of the molecule is CC1CN(C)C2CSc3sc(S(N)=O)cc3[C@H]2N1. The van der Waals surface area contributed by atoms with Crippen LogP contribution in [-0.2, 0) is 11.0 Å². The monoisotopic (exact) mass is 303 g/mol. The fourth-order valence-electron chi connectivity index (χ4n) is 2.77. The second-order valence-corrected chi connectivity index (χ2v) is 8.60. The summed E-state index contributed by atoms with van der Waals surface area (Å²) in [6.45, 7) is 3.29. The number of nitrogens with two attached hydrogens (primary N) is 1. The van der Waals surface area contributed by atoms with E-state index in [4.69, 9.17) is 5.14 Å². The summed E-state index contributed by atoms with van der Waals surface area (Å²) < 4.78 is 13.5. The number of fused-ring (bicyclic) bond motifs is 3. The minimum atomic E-state index is -1.36. The molecule has 3 N–H and O–H groups in total. The van der Waals surface area contributed by atoms with Gasteiger partial charge in [-0.05, 0) is 25.6 Å². The lowest BCUT2D eigenvalue weighted by atomic mass is 9.97. The molecule has 18 heavy (non-hydrogen) atoms. The molecule has 0 amide bonds. The molecule has 0 saturated carbocycles. The Morgan fingerprint density at radius 3 is 3.11 bits per heavy atom. The van der Waals surface area contributed by atoms with Gasteiger partial charge in [0.05, 0.1) is 10.3 Å². The summed E-state index contributed by atoms with van der Waals surface area (Å²) in [4.78, 5) is 2.43. The molecule has 0 aliphatic carbocycles. The van der Waals surface area contributed by atoms with Crippen LogP contribution >= 0.6 is 23.1 Å². The van der Waals surface area contributed by atoms with Gasteiger partial charge < -0.3 is 5.32 Å². The van der Waals surface area contributed by atoms with E-state index in [-0.39, 0.29) is 0 Å². The third-order valence-corrected chi connectivity index (χ3v) is 7.20. The highest BCUT2D eigenvalue weighted by Crippen LogP contribution is 2.45. The van der Waals surface area contributed by atoms with Crippen molar-refractivity contribution >= 4 is 34.1 Å². The molecule has 1 fully saturated rings. The van der Waals surface area contributed by atoms with Crippen molar-refractivity contribution in [2.75, 3.05) is 19.3 Å². The summed E-state index contributed by atoms with van der Waals surface area (Å²) in [5.74, 6) is 1.09. The lowest BCUT2D eigenvalue weighted by Crippen LogP contribution is -2.57. The predicted octanol–water partition coefficient (Wildman–Crippen LogP) is 1.17. The number of nitrogens with one attached hydrogen (secondary N) is 1. The average Bonchev–Trinajstić information content (AvgIpc) is 2.72. The van der Waals surface area contributed by atoms with Crippen LogP contribution in [-0.4, -0.2) is 40.5 Å². The maximum atomic E-state index is 11.4. The lowest BCUT2D eigenvalue weighted by Gasteiger charge is -2.45. The number of rotatable bonds is 1. The van der Waals surface area contributed by atoms with E-state index in [9.17, 15) is 4.21 Å². The van der Waals surface area contributed by atoms with E-state index < -0.39 is 11.0 Å². The van der Waals surface area contributed by atoms with Gasteiger partial charge in [0.1, 0.15) is 15.2 Å². The molecule has 0 spiro atoms. The van der Waals surface area contributed by atoms with Gasteiger partial charge in [-0.3, -0.25) is 4.90 Å². The molecule has 0 radical (unpaired) electrons. The molecule has 100 valence electrons. The topological polar surface area (TPSA) is 58.4 Å². The Balaban J connectivity index is 1.98. The van der Waals surface area contributed by atoms with E-state index in [1.165, 1.54) is 9.77 Å². The number of nitrogens with zero attached hydrogens (tertiary/aromatic N) is 1. The highest BCUT2D eigenvalue weighted by Gasteiger charge is 2.38. The Bertz CT molecular complexity index is 490. The molecular weight excluding hydrogens is 286 g/mol. The van der Waals surface area contributed by atoms with Crippen LogP contribution < -0.4 is 10.5 Å². The maximum Gasteiger partial charge on any atom is 0.132 e. The first-order valence-corrected chi connectivity index (χ1v) is 8.96. The number of thioether (sulfide) groups is 1. The van der Waals surface area contributed by atoms with Gasteiger partial charge in [-0.15, -0.1) is 23.1 Å². The smallest absolute Gasteiger partial charge is 0.132 e. The maximum absolute atomic E-state index is 11.4. The van der Waals surface area contributed by atoms with E-state index in [2.05, 4.69) is 24.2 Å². The normalized spacial score (nSPS) is 33.8. The molecule has 0 bridgehead atoms. The molecule has 0 aromatic carbocycles. The molecule has 4 nitrogen and oxygen atoms in total. The van der Waals surface area contributed by atoms with Crippen LogP contribution in [0.25, 0.3) is 0 Å². The molecule has 1 saturated heterocycles. The van der Waals surface area contributed by atoms with Crippen LogP contribution in [0.15, 0.2) is 14.5 Å². The summed E-state index contributed by atoms with van der Waals surface area (Å²) in [5, 5.41) is 9.16. The molecule has 4 atom stereocenters. The largest absolute Gasteiger partial charge is 0.305 e. The average molecular weight is 303 g/mol. The fourth-order valence-corrected chi connectivity index (χ4v) is 6.25. The molecule has 3 unspecified atom stereocenters. The van der Waals surface area contributed by atoms with Gasteiger partial charge in [-0.1, -0.05) is 0 Å². The molecule has 1 aromatic rings. The number of hydrogen-bond donors (Lipinski definition) is 2. The summed E-state index contributed by atoms with van der Waals surface area (Å²) >= 11 is 3.45. The number of piperazine rings is 1. The summed E-state index contributed by atoms with van der Waals surface area (Å²) in [6.07, 6.45) is 0. The molecule has 1 aromatic heterocycles. The molecule has 3 rings (SSSR count). The summed E-state index contributed by atoms with van der Waals surface area (Å²) in [5.41, 5.74) is 1.29. The third kappa shape index (κ3) is 2.17. The lowest BCUT2D eigenvalue weighted by molar-refractivity contribution is 0.134. The van der Waals surface area contributed by atoms with Gasteiger partial charge in [0, 0.05) is 24.4 Å². The fraction of sp³-hybridized carbons (Fsp3) is 0.636. The molecular formula is C11H17N3OS3. The van der Waals surface area contributed by atoms with Crippen molar-refractivity contribution in [1.29, 1.82) is 0 Å². The van der Waals surface area contributed by atoms with Gasteiger partial charge in [-0.2, -0.15) is 0 Å². The van der Waals surface area contributed by atoms with Crippen molar-refractivity contribution < 1.29 is 4.21 Å². The van der Waals surface area contributed by atoms with Crippen molar-refractivity contribution in [2.45, 2.75) is 33.5 Å². The second kappa shape index (κ2) is 4.88. The Morgan fingerprint density at radius 2 is 2.39 bits per heavy atom. The standard InChI is InChI=1S/C11H17N3OS3/c1-6-4-14(2)8-5-16-11-7(10(8)13-6)3-9(17-11)18(12)15/h3,6,8,10,13H,4-5,12H2,1-2H3/t6?,8?,10-,18?/m1/s1. The summed E-state index contributed by atoms with van der Waals surface area (Å²) in [7, 11) is 0.830. The minimum absolute atomic E-state index is 0.351. The van der Waals surface area contributed by atoms with Crippen molar-refractivity contribution in [3.05, 3.63) is 11.6 Å². The summed E-state index contributed by atoms with van der Waals surface area (Å²) in [6, 6.07) is 3.38. The highest BCUT2D eigenvalue weighted by atomic mass is 32.2. The molecule has 2 aliphatic heterocycles. The zero-order valence-corrected chi connectivity index (χ0v) is 12.8. The van der Waals surface area contributed by atoms with Crippen LogP contribution in [0.3, 0.4) is 0 Å². The van der Waals surface area contributed by atoms with Crippen molar-refractivity contribution in [1.82, 2.24) is 10.2 Å². The number of likely N-dealkylation sites (N-methyl/N-ethyl adjacent to an activating group) is 1. The van der Waals surface area contributed by atoms with E-state index in [0.717, 1.165) is 16.5 Å². The van der Waals surface area contributed by atoms with Gasteiger partial charge >= 0.3 is 0 Å². The highest BCUT2D eigenvalue weighted by molar-refractivity contribution is 8.01. The van der Waals surface area contributed by atoms with Gasteiger partial charge in [-0.25, -0.2) is 9.35 Å². The van der Waals surface area contributed by atoms with Gasteiger partial charge in [0.2, 0.25) is 0 Å². The molecule has 3 heterocycles.